The highest BCUT2D eigenvalue weighted by Crippen LogP contribution is 2.29. The van der Waals surface area contributed by atoms with Crippen molar-refractivity contribution in [3.8, 4) is 22.3 Å². The predicted molar refractivity (Wildman–Crippen MR) is 197 cm³/mol. The van der Waals surface area contributed by atoms with Gasteiger partial charge in [-0.3, -0.25) is 9.59 Å². The number of carbonyl (C=O) groups excluding carboxylic acids is 2. The molecule has 4 heterocycles. The lowest BCUT2D eigenvalue weighted by molar-refractivity contribution is 0.0595. The summed E-state index contributed by atoms with van der Waals surface area (Å²) < 4.78 is 26.1. The van der Waals surface area contributed by atoms with Crippen molar-refractivity contribution in [2.24, 2.45) is 0 Å². The van der Waals surface area contributed by atoms with Crippen LogP contribution in [0.15, 0.2) is 109 Å². The Morgan fingerprint density at radius 2 is 1.10 bits per heavy atom. The van der Waals surface area contributed by atoms with E-state index in [1.165, 1.54) is 24.3 Å². The number of piperidine rings is 1. The Kier molecular flexibility index (Phi) is 10.1. The fourth-order valence-corrected chi connectivity index (χ4v) is 6.70. The van der Waals surface area contributed by atoms with Crippen LogP contribution in [0.1, 0.15) is 68.4 Å². The molecule has 2 saturated heterocycles. The zero-order valence-corrected chi connectivity index (χ0v) is 29.2. The van der Waals surface area contributed by atoms with Gasteiger partial charge in [0.05, 0.1) is 11.6 Å². The van der Waals surface area contributed by atoms with Gasteiger partial charge in [-0.2, -0.15) is 0 Å². The number of nitrogens with one attached hydrogen (secondary N) is 2. The molecule has 10 heteroatoms. The van der Waals surface area contributed by atoms with E-state index in [1.807, 2.05) is 72.2 Å². The molecule has 264 valence electrons. The minimum absolute atomic E-state index is 0.0310. The number of H-pyrrole nitrogens is 2. The molecule has 0 aliphatic carbocycles. The molecule has 2 N–H and O–H groups in total. The molecule has 0 unspecified atom stereocenters. The molecule has 4 aromatic carbocycles. The van der Waals surface area contributed by atoms with Crippen LogP contribution in [0, 0.1) is 25.5 Å². The van der Waals surface area contributed by atoms with E-state index in [-0.39, 0.29) is 23.4 Å². The highest BCUT2D eigenvalue weighted by Gasteiger charge is 2.33. The SMILES string of the molecule is Cc1nc(C2CCN(C(=O)c3ccc(-c4ccc(F)cc4)cc3)CC2)[nH]c1C.O=C(c1ccc(-c2ccc(F)cc2)cc1)N1CC(c2ncc[nH]2)C1. The molecule has 0 bridgehead atoms. The van der Waals surface area contributed by atoms with Crippen molar-refractivity contribution in [1.29, 1.82) is 0 Å². The number of hydrogen-bond acceptors (Lipinski definition) is 4. The summed E-state index contributed by atoms with van der Waals surface area (Å²) >= 11 is 0. The normalized spacial score (nSPS) is 14.8. The highest BCUT2D eigenvalue weighted by atomic mass is 19.1. The second kappa shape index (κ2) is 15.1. The third-order valence-corrected chi connectivity index (χ3v) is 10.0. The van der Waals surface area contributed by atoms with Crippen LogP contribution in [-0.4, -0.2) is 67.7 Å². The number of carbonyl (C=O) groups is 2. The Labute approximate surface area is 301 Å². The second-order valence-corrected chi connectivity index (χ2v) is 13.4. The summed E-state index contributed by atoms with van der Waals surface area (Å²) in [6.45, 7) is 6.91. The predicted octanol–water partition coefficient (Wildman–Crippen LogP) is 8.31. The van der Waals surface area contributed by atoms with Crippen molar-refractivity contribution >= 4 is 11.8 Å². The summed E-state index contributed by atoms with van der Waals surface area (Å²) in [5.74, 6) is 2.25. The van der Waals surface area contributed by atoms with Crippen LogP contribution >= 0.6 is 0 Å². The van der Waals surface area contributed by atoms with E-state index in [0.29, 0.717) is 36.1 Å². The molecule has 2 amide bonds. The topological polar surface area (TPSA) is 98.0 Å². The maximum atomic E-state index is 13.1. The van der Waals surface area contributed by atoms with Gasteiger partial charge in [0.2, 0.25) is 0 Å². The Hall–Kier alpha value is -5.90. The van der Waals surface area contributed by atoms with E-state index < -0.39 is 0 Å². The Bertz CT molecular complexity index is 2090. The lowest BCUT2D eigenvalue weighted by atomic mass is 9.95. The third kappa shape index (κ3) is 7.71. The summed E-state index contributed by atoms with van der Waals surface area (Å²) in [4.78, 5) is 44.4. The number of aromatic nitrogens is 4. The van der Waals surface area contributed by atoms with Crippen LogP contribution in [0.5, 0.6) is 0 Å². The van der Waals surface area contributed by atoms with E-state index in [0.717, 1.165) is 71.2 Å². The lowest BCUT2D eigenvalue weighted by Gasteiger charge is -2.38. The standard InChI is InChI=1S/C23H24FN3O.C19H16FN3O/c1-15-16(2)26-22(25-15)19-11-13-27(14-12-19)23(28)20-5-3-17(4-6-20)18-7-9-21(24)10-8-18;20-17-7-5-14(6-8-17)13-1-3-15(4-2-13)19(24)23-11-16(12-23)18-21-9-10-22-18/h3-10,19H,11-14H2,1-2H3,(H,25,26);1-10,16H,11-12H2,(H,21,22). The summed E-state index contributed by atoms with van der Waals surface area (Å²) in [6, 6.07) is 27.7. The molecule has 0 saturated carbocycles. The van der Waals surface area contributed by atoms with Crippen LogP contribution in [0.4, 0.5) is 8.78 Å². The van der Waals surface area contributed by atoms with Crippen LogP contribution in [0.25, 0.3) is 22.3 Å². The van der Waals surface area contributed by atoms with Crippen molar-refractivity contribution in [3.63, 3.8) is 0 Å². The summed E-state index contributed by atoms with van der Waals surface area (Å²) in [5, 5.41) is 0. The van der Waals surface area contributed by atoms with Gasteiger partial charge >= 0.3 is 0 Å². The summed E-state index contributed by atoms with van der Waals surface area (Å²) in [5.41, 5.74) is 7.32. The quantitative estimate of drug-likeness (QED) is 0.183. The largest absolute Gasteiger partial charge is 0.348 e. The molecule has 6 aromatic rings. The number of rotatable bonds is 6. The van der Waals surface area contributed by atoms with Gasteiger partial charge in [-0.25, -0.2) is 18.7 Å². The van der Waals surface area contributed by atoms with E-state index in [4.69, 9.17) is 0 Å². The first kappa shape index (κ1) is 34.5. The van der Waals surface area contributed by atoms with Crippen molar-refractivity contribution < 1.29 is 18.4 Å². The maximum absolute atomic E-state index is 13.1. The van der Waals surface area contributed by atoms with Crippen LogP contribution in [-0.2, 0) is 0 Å². The van der Waals surface area contributed by atoms with Crippen LogP contribution in [0.2, 0.25) is 0 Å². The lowest BCUT2D eigenvalue weighted by Crippen LogP contribution is -2.48. The van der Waals surface area contributed by atoms with Gasteiger partial charge in [0.1, 0.15) is 23.3 Å². The minimum Gasteiger partial charge on any atom is -0.348 e. The smallest absolute Gasteiger partial charge is 0.253 e. The van der Waals surface area contributed by atoms with Gasteiger partial charge < -0.3 is 19.8 Å². The number of benzene rings is 4. The summed E-state index contributed by atoms with van der Waals surface area (Å²) in [7, 11) is 0. The van der Waals surface area contributed by atoms with Gasteiger partial charge in [0.25, 0.3) is 11.8 Å². The molecule has 2 aliphatic heterocycles. The second-order valence-electron chi connectivity index (χ2n) is 13.4. The number of halogens is 2. The third-order valence-electron chi connectivity index (χ3n) is 10.0. The highest BCUT2D eigenvalue weighted by molar-refractivity contribution is 5.95. The Balaban J connectivity index is 0.000000164. The molecule has 0 radical (unpaired) electrons. The number of hydrogen-bond donors (Lipinski definition) is 2. The van der Waals surface area contributed by atoms with Crippen LogP contribution < -0.4 is 0 Å². The number of amides is 2. The maximum Gasteiger partial charge on any atom is 0.253 e. The Morgan fingerprint density at radius 3 is 1.52 bits per heavy atom. The van der Waals surface area contributed by atoms with Gasteiger partial charge in [-0.05, 0) is 97.5 Å². The fourth-order valence-electron chi connectivity index (χ4n) is 6.70. The average Bonchev–Trinajstić information content (AvgIpc) is 3.81. The van der Waals surface area contributed by atoms with Crippen molar-refractivity contribution in [1.82, 2.24) is 29.7 Å². The monoisotopic (exact) mass is 698 g/mol. The summed E-state index contributed by atoms with van der Waals surface area (Å²) in [6.07, 6.45) is 5.37. The number of aryl methyl sites for hydroxylation is 2. The van der Waals surface area contributed by atoms with Gasteiger partial charge in [0.15, 0.2) is 0 Å². The average molecular weight is 699 g/mol. The molecular formula is C42H40F2N6O2. The van der Waals surface area contributed by atoms with Crippen molar-refractivity contribution in [3.05, 3.63) is 155 Å². The zero-order valence-electron chi connectivity index (χ0n) is 29.2. The van der Waals surface area contributed by atoms with Gasteiger partial charge in [-0.15, -0.1) is 0 Å². The number of likely N-dealkylation sites (tertiary alicyclic amines) is 2. The molecule has 0 atom stereocenters. The molecule has 2 fully saturated rings. The first-order valence-corrected chi connectivity index (χ1v) is 17.5. The number of nitrogens with zero attached hydrogens (tertiary/aromatic N) is 4. The minimum atomic E-state index is -0.255. The van der Waals surface area contributed by atoms with E-state index >= 15 is 0 Å². The molecule has 8 nitrogen and oxygen atoms in total. The Morgan fingerprint density at radius 1 is 0.635 bits per heavy atom. The molecule has 0 spiro atoms. The molecule has 2 aromatic heterocycles. The van der Waals surface area contributed by atoms with Gasteiger partial charge in [0, 0.05) is 61.3 Å². The van der Waals surface area contributed by atoms with E-state index in [9.17, 15) is 18.4 Å². The molecule has 8 rings (SSSR count). The zero-order chi connectivity index (χ0) is 36.2. The molecular weight excluding hydrogens is 658 g/mol. The van der Waals surface area contributed by atoms with Crippen molar-refractivity contribution in [2.45, 2.75) is 38.5 Å². The molecule has 2 aliphatic rings. The number of imidazole rings is 2. The van der Waals surface area contributed by atoms with E-state index in [1.54, 1.807) is 36.7 Å². The first-order chi connectivity index (χ1) is 25.2. The van der Waals surface area contributed by atoms with Crippen LogP contribution in [0.3, 0.4) is 0 Å². The van der Waals surface area contributed by atoms with Crippen molar-refractivity contribution in [2.75, 3.05) is 26.2 Å². The first-order valence-electron chi connectivity index (χ1n) is 17.5. The van der Waals surface area contributed by atoms with E-state index in [2.05, 4.69) is 19.9 Å². The number of aromatic amines is 2. The molecule has 52 heavy (non-hydrogen) atoms. The fraction of sp³-hybridized carbons (Fsp3) is 0.238. The van der Waals surface area contributed by atoms with Gasteiger partial charge in [-0.1, -0.05) is 48.5 Å².